The van der Waals surface area contributed by atoms with E-state index in [1.54, 1.807) is 6.08 Å². The van der Waals surface area contributed by atoms with Crippen molar-refractivity contribution in [3.05, 3.63) is 91.3 Å². The standard InChI is InChI=1S/C23H18N2/c1-4-8-16(5-2)17-11-12-20-21(13-17)18-9-6-7-10-19(18)22-23(20)25-15(3)14-24-22/h4-14H,1-2H2,3H3/b16-8+. The molecule has 0 aliphatic carbocycles. The highest BCUT2D eigenvalue weighted by Crippen LogP contribution is 2.34. The fourth-order valence-corrected chi connectivity index (χ4v) is 3.35. The van der Waals surface area contributed by atoms with Gasteiger partial charge in [0.25, 0.3) is 0 Å². The molecule has 25 heavy (non-hydrogen) atoms. The molecule has 0 aliphatic rings. The van der Waals surface area contributed by atoms with Crippen LogP contribution in [0.4, 0.5) is 0 Å². The summed E-state index contributed by atoms with van der Waals surface area (Å²) < 4.78 is 0. The molecule has 0 aliphatic heterocycles. The van der Waals surface area contributed by atoms with Gasteiger partial charge in [-0.3, -0.25) is 4.98 Å². The first kappa shape index (κ1) is 15.3. The normalized spacial score (nSPS) is 12.0. The highest BCUT2D eigenvalue weighted by atomic mass is 14.8. The molecule has 0 radical (unpaired) electrons. The SMILES string of the molecule is C=C/C=C(\C=C)c1ccc2c(c1)c1ccccc1c1ncc(C)nc21. The summed E-state index contributed by atoms with van der Waals surface area (Å²) in [6.45, 7) is 9.69. The van der Waals surface area contributed by atoms with E-state index < -0.39 is 0 Å². The molecule has 4 aromatic rings. The average Bonchev–Trinajstić information content (AvgIpc) is 2.65. The van der Waals surface area contributed by atoms with E-state index in [-0.39, 0.29) is 0 Å². The lowest BCUT2D eigenvalue weighted by atomic mass is 9.95. The van der Waals surface area contributed by atoms with Crippen LogP contribution in [0.3, 0.4) is 0 Å². The highest BCUT2D eigenvalue weighted by Gasteiger charge is 2.11. The van der Waals surface area contributed by atoms with Gasteiger partial charge in [0.2, 0.25) is 0 Å². The minimum Gasteiger partial charge on any atom is -0.252 e. The van der Waals surface area contributed by atoms with Crippen LogP contribution in [0.1, 0.15) is 11.3 Å². The molecule has 3 aromatic carbocycles. The fourth-order valence-electron chi connectivity index (χ4n) is 3.35. The van der Waals surface area contributed by atoms with E-state index in [4.69, 9.17) is 4.98 Å². The number of fused-ring (bicyclic) bond motifs is 6. The van der Waals surface area contributed by atoms with Crippen LogP contribution in [-0.4, -0.2) is 9.97 Å². The fraction of sp³-hybridized carbons (Fsp3) is 0.0435. The Hall–Kier alpha value is -3.26. The summed E-state index contributed by atoms with van der Waals surface area (Å²) in [5, 5.41) is 4.61. The maximum atomic E-state index is 4.77. The first-order chi connectivity index (χ1) is 12.2. The number of benzene rings is 3. The van der Waals surface area contributed by atoms with E-state index in [2.05, 4.69) is 54.5 Å². The summed E-state index contributed by atoms with van der Waals surface area (Å²) >= 11 is 0. The van der Waals surface area contributed by atoms with Crippen molar-refractivity contribution < 1.29 is 0 Å². The summed E-state index contributed by atoms with van der Waals surface area (Å²) in [4.78, 5) is 9.43. The number of nitrogens with zero attached hydrogens (tertiary/aromatic N) is 2. The Morgan fingerprint density at radius 1 is 0.920 bits per heavy atom. The Bertz CT molecular complexity index is 1180. The highest BCUT2D eigenvalue weighted by molar-refractivity contribution is 6.23. The van der Waals surface area contributed by atoms with E-state index in [1.165, 1.54) is 10.8 Å². The van der Waals surface area contributed by atoms with E-state index in [0.29, 0.717) is 0 Å². The molecule has 0 spiro atoms. The molecular weight excluding hydrogens is 304 g/mol. The Kier molecular flexibility index (Phi) is 3.66. The lowest BCUT2D eigenvalue weighted by Gasteiger charge is -2.11. The van der Waals surface area contributed by atoms with Crippen LogP contribution in [0.15, 0.2) is 80.0 Å². The minimum absolute atomic E-state index is 0.923. The number of aromatic nitrogens is 2. The van der Waals surface area contributed by atoms with Crippen molar-refractivity contribution in [2.75, 3.05) is 0 Å². The van der Waals surface area contributed by atoms with E-state index in [1.807, 2.05) is 31.3 Å². The van der Waals surface area contributed by atoms with Gasteiger partial charge in [0, 0.05) is 17.0 Å². The van der Waals surface area contributed by atoms with Gasteiger partial charge in [-0.05, 0) is 34.9 Å². The number of aryl methyl sites for hydroxylation is 1. The molecule has 120 valence electrons. The molecule has 0 atom stereocenters. The largest absolute Gasteiger partial charge is 0.252 e. The average molecular weight is 322 g/mol. The summed E-state index contributed by atoms with van der Waals surface area (Å²) in [5.74, 6) is 0. The minimum atomic E-state index is 0.923. The number of hydrogen-bond acceptors (Lipinski definition) is 2. The van der Waals surface area contributed by atoms with E-state index in [9.17, 15) is 0 Å². The second kappa shape index (κ2) is 5.99. The molecule has 0 saturated heterocycles. The molecule has 1 aromatic heterocycles. The molecule has 0 saturated carbocycles. The third kappa shape index (κ3) is 2.43. The molecule has 0 N–H and O–H groups in total. The Balaban J connectivity index is 2.20. The van der Waals surface area contributed by atoms with Crippen molar-refractivity contribution in [1.82, 2.24) is 9.97 Å². The third-order valence-electron chi connectivity index (χ3n) is 4.49. The molecule has 2 heteroatoms. The zero-order valence-electron chi connectivity index (χ0n) is 14.2. The predicted octanol–water partition coefficient (Wildman–Crippen LogP) is 6.00. The quantitative estimate of drug-likeness (QED) is 0.341. The smallest absolute Gasteiger partial charge is 0.0974 e. The van der Waals surface area contributed by atoms with E-state index in [0.717, 1.165) is 38.6 Å². The van der Waals surface area contributed by atoms with Gasteiger partial charge in [-0.1, -0.05) is 67.8 Å². The Labute approximate surface area is 146 Å². The number of rotatable bonds is 3. The molecule has 0 fully saturated rings. The summed E-state index contributed by atoms with van der Waals surface area (Å²) in [5.41, 5.74) is 5.00. The van der Waals surface area contributed by atoms with Crippen LogP contribution in [0, 0.1) is 6.92 Å². The molecule has 0 amide bonds. The summed E-state index contributed by atoms with van der Waals surface area (Å²) in [7, 11) is 0. The van der Waals surface area contributed by atoms with Crippen molar-refractivity contribution >= 4 is 38.2 Å². The van der Waals surface area contributed by atoms with Crippen LogP contribution in [0.2, 0.25) is 0 Å². The lowest BCUT2D eigenvalue weighted by molar-refractivity contribution is 1.19. The predicted molar refractivity (Wildman–Crippen MR) is 108 cm³/mol. The first-order valence-corrected chi connectivity index (χ1v) is 8.26. The van der Waals surface area contributed by atoms with Crippen molar-refractivity contribution in [1.29, 1.82) is 0 Å². The first-order valence-electron chi connectivity index (χ1n) is 8.26. The second-order valence-electron chi connectivity index (χ2n) is 6.08. The lowest BCUT2D eigenvalue weighted by Crippen LogP contribution is -1.92. The zero-order chi connectivity index (χ0) is 17.4. The summed E-state index contributed by atoms with van der Waals surface area (Å²) in [6.07, 6.45) is 7.45. The van der Waals surface area contributed by atoms with Crippen molar-refractivity contribution in [3.63, 3.8) is 0 Å². The summed E-state index contributed by atoms with van der Waals surface area (Å²) in [6, 6.07) is 14.8. The monoisotopic (exact) mass is 322 g/mol. The Morgan fingerprint density at radius 3 is 2.44 bits per heavy atom. The maximum Gasteiger partial charge on any atom is 0.0974 e. The number of hydrogen-bond donors (Lipinski definition) is 0. The molecular formula is C23H18N2. The molecule has 0 bridgehead atoms. The van der Waals surface area contributed by atoms with Crippen molar-refractivity contribution in [2.45, 2.75) is 6.92 Å². The zero-order valence-corrected chi connectivity index (χ0v) is 14.2. The molecule has 2 nitrogen and oxygen atoms in total. The topological polar surface area (TPSA) is 25.8 Å². The van der Waals surface area contributed by atoms with Crippen LogP contribution in [-0.2, 0) is 0 Å². The molecule has 4 rings (SSSR count). The van der Waals surface area contributed by atoms with Crippen LogP contribution in [0.25, 0.3) is 38.2 Å². The van der Waals surface area contributed by atoms with Gasteiger partial charge in [-0.15, -0.1) is 0 Å². The van der Waals surface area contributed by atoms with Gasteiger partial charge < -0.3 is 0 Å². The third-order valence-corrected chi connectivity index (χ3v) is 4.49. The molecule has 1 heterocycles. The maximum absolute atomic E-state index is 4.77. The van der Waals surface area contributed by atoms with Crippen molar-refractivity contribution in [3.8, 4) is 0 Å². The van der Waals surface area contributed by atoms with E-state index >= 15 is 0 Å². The van der Waals surface area contributed by atoms with Crippen LogP contribution >= 0.6 is 0 Å². The van der Waals surface area contributed by atoms with Gasteiger partial charge in [-0.2, -0.15) is 0 Å². The van der Waals surface area contributed by atoms with Gasteiger partial charge in [-0.25, -0.2) is 4.98 Å². The van der Waals surface area contributed by atoms with Crippen LogP contribution < -0.4 is 0 Å². The van der Waals surface area contributed by atoms with Crippen LogP contribution in [0.5, 0.6) is 0 Å². The van der Waals surface area contributed by atoms with Crippen molar-refractivity contribution in [2.24, 2.45) is 0 Å². The van der Waals surface area contributed by atoms with Gasteiger partial charge in [0.05, 0.1) is 16.7 Å². The van der Waals surface area contributed by atoms with Gasteiger partial charge >= 0.3 is 0 Å². The van der Waals surface area contributed by atoms with Gasteiger partial charge in [0.15, 0.2) is 0 Å². The second-order valence-corrected chi connectivity index (χ2v) is 6.08. The Morgan fingerprint density at radius 2 is 1.68 bits per heavy atom. The number of allylic oxidation sites excluding steroid dienone is 4. The molecule has 0 unspecified atom stereocenters. The van der Waals surface area contributed by atoms with Gasteiger partial charge in [0.1, 0.15) is 0 Å².